The topological polar surface area (TPSA) is 74.6 Å². The van der Waals surface area contributed by atoms with Crippen molar-refractivity contribution in [3.63, 3.8) is 0 Å². The van der Waals surface area contributed by atoms with Gasteiger partial charge in [0.2, 0.25) is 0 Å². The first-order chi connectivity index (χ1) is 9.02. The number of thioether (sulfide) groups is 1. The zero-order chi connectivity index (χ0) is 14.3. The predicted molar refractivity (Wildman–Crippen MR) is 75.3 cm³/mol. The SMILES string of the molecule is CSc1ccc(/C(O)=C/C(=O)CCCC(=O)O)cc1. The van der Waals surface area contributed by atoms with Gasteiger partial charge in [-0.05, 0) is 24.8 Å². The molecule has 0 bridgehead atoms. The molecule has 0 aliphatic rings. The Bertz CT molecular complexity index is 477. The number of aliphatic hydroxyl groups excluding tert-OH is 1. The molecule has 0 radical (unpaired) electrons. The van der Waals surface area contributed by atoms with Crippen molar-refractivity contribution in [2.45, 2.75) is 24.2 Å². The largest absolute Gasteiger partial charge is 0.507 e. The maximum absolute atomic E-state index is 11.5. The third-order valence-electron chi connectivity index (χ3n) is 2.50. The third-order valence-corrected chi connectivity index (χ3v) is 3.24. The average molecular weight is 280 g/mol. The van der Waals surface area contributed by atoms with Gasteiger partial charge in [0.15, 0.2) is 5.78 Å². The number of benzene rings is 1. The molecule has 1 aromatic rings. The molecule has 5 heteroatoms. The first-order valence-corrected chi connectivity index (χ1v) is 7.05. The van der Waals surface area contributed by atoms with Gasteiger partial charge in [-0.2, -0.15) is 0 Å². The van der Waals surface area contributed by atoms with E-state index in [1.807, 2.05) is 18.4 Å². The summed E-state index contributed by atoms with van der Waals surface area (Å²) < 4.78 is 0. The quantitative estimate of drug-likeness (QED) is 0.456. The lowest BCUT2D eigenvalue weighted by molar-refractivity contribution is -0.137. The monoisotopic (exact) mass is 280 g/mol. The van der Waals surface area contributed by atoms with Crippen LogP contribution in [0.4, 0.5) is 0 Å². The lowest BCUT2D eigenvalue weighted by Gasteiger charge is -2.02. The van der Waals surface area contributed by atoms with Gasteiger partial charge in [-0.25, -0.2) is 0 Å². The number of aliphatic hydroxyl groups is 1. The molecule has 102 valence electrons. The van der Waals surface area contributed by atoms with Crippen LogP contribution in [0.1, 0.15) is 24.8 Å². The molecule has 0 fully saturated rings. The molecular weight excluding hydrogens is 264 g/mol. The summed E-state index contributed by atoms with van der Waals surface area (Å²) >= 11 is 1.59. The highest BCUT2D eigenvalue weighted by Crippen LogP contribution is 2.18. The number of carboxylic acid groups (broad SMARTS) is 1. The van der Waals surface area contributed by atoms with Crippen molar-refractivity contribution in [2.24, 2.45) is 0 Å². The summed E-state index contributed by atoms with van der Waals surface area (Å²) in [6, 6.07) is 7.20. The molecule has 1 rings (SSSR count). The van der Waals surface area contributed by atoms with Gasteiger partial charge in [-0.3, -0.25) is 9.59 Å². The van der Waals surface area contributed by atoms with Crippen molar-refractivity contribution in [3.05, 3.63) is 35.9 Å². The van der Waals surface area contributed by atoms with E-state index in [0.717, 1.165) is 11.0 Å². The average Bonchev–Trinajstić information content (AvgIpc) is 2.38. The van der Waals surface area contributed by atoms with Crippen LogP contribution in [0.25, 0.3) is 5.76 Å². The third kappa shape index (κ3) is 5.61. The Labute approximate surface area is 116 Å². The Morgan fingerprint density at radius 2 is 1.79 bits per heavy atom. The van der Waals surface area contributed by atoms with Crippen LogP contribution in [0.5, 0.6) is 0 Å². The second-order valence-corrected chi connectivity index (χ2v) is 4.85. The van der Waals surface area contributed by atoms with Gasteiger partial charge in [-0.1, -0.05) is 12.1 Å². The molecule has 0 heterocycles. The number of carbonyl (C=O) groups excluding carboxylic acids is 1. The summed E-state index contributed by atoms with van der Waals surface area (Å²) in [7, 11) is 0. The molecule has 0 amide bonds. The molecule has 0 spiro atoms. The Balaban J connectivity index is 2.59. The first kappa shape index (κ1) is 15.3. The number of ketones is 1. The van der Waals surface area contributed by atoms with Crippen LogP contribution in [-0.2, 0) is 9.59 Å². The maximum atomic E-state index is 11.5. The minimum Gasteiger partial charge on any atom is -0.507 e. The fraction of sp³-hybridized carbons (Fsp3) is 0.286. The molecule has 2 N–H and O–H groups in total. The van der Waals surface area contributed by atoms with Crippen LogP contribution in [-0.4, -0.2) is 28.2 Å². The predicted octanol–water partition coefficient (Wildman–Crippen LogP) is 3.13. The molecular formula is C14H16O4S. The van der Waals surface area contributed by atoms with Crippen LogP contribution in [0.15, 0.2) is 35.2 Å². The van der Waals surface area contributed by atoms with Crippen LogP contribution >= 0.6 is 11.8 Å². The van der Waals surface area contributed by atoms with Crippen molar-refractivity contribution < 1.29 is 19.8 Å². The molecule has 0 aliphatic heterocycles. The minimum absolute atomic E-state index is 0.0389. The summed E-state index contributed by atoms with van der Waals surface area (Å²) in [6.07, 6.45) is 3.47. The summed E-state index contributed by atoms with van der Waals surface area (Å²) in [6.45, 7) is 0. The zero-order valence-electron chi connectivity index (χ0n) is 10.6. The van der Waals surface area contributed by atoms with E-state index >= 15 is 0 Å². The van der Waals surface area contributed by atoms with Crippen LogP contribution in [0.3, 0.4) is 0 Å². The van der Waals surface area contributed by atoms with Crippen molar-refractivity contribution in [1.82, 2.24) is 0 Å². The van der Waals surface area contributed by atoms with E-state index in [9.17, 15) is 14.7 Å². The number of hydrogen-bond donors (Lipinski definition) is 2. The summed E-state index contributed by atoms with van der Waals surface area (Å²) in [5.74, 6) is -1.28. The summed E-state index contributed by atoms with van der Waals surface area (Å²) in [4.78, 5) is 22.9. The highest BCUT2D eigenvalue weighted by Gasteiger charge is 2.05. The molecule has 0 saturated carbocycles. The summed E-state index contributed by atoms with van der Waals surface area (Å²) in [5.41, 5.74) is 0.574. The van der Waals surface area contributed by atoms with E-state index in [0.29, 0.717) is 5.56 Å². The summed E-state index contributed by atoms with van der Waals surface area (Å²) in [5, 5.41) is 18.2. The number of carboxylic acids is 1. The van der Waals surface area contributed by atoms with E-state index in [4.69, 9.17) is 5.11 Å². The molecule has 0 atom stereocenters. The molecule has 4 nitrogen and oxygen atoms in total. The first-order valence-electron chi connectivity index (χ1n) is 5.82. The number of aliphatic carboxylic acids is 1. The molecule has 0 aromatic heterocycles. The van der Waals surface area contributed by atoms with Crippen LogP contribution < -0.4 is 0 Å². The molecule has 0 aliphatic carbocycles. The second kappa shape index (κ2) is 7.63. The Morgan fingerprint density at radius 3 is 2.32 bits per heavy atom. The number of allylic oxidation sites excluding steroid dienone is 1. The highest BCUT2D eigenvalue weighted by atomic mass is 32.2. The van der Waals surface area contributed by atoms with Crippen molar-refractivity contribution in [1.29, 1.82) is 0 Å². The van der Waals surface area contributed by atoms with Crippen molar-refractivity contribution in [2.75, 3.05) is 6.26 Å². The van der Waals surface area contributed by atoms with Crippen LogP contribution in [0.2, 0.25) is 0 Å². The van der Waals surface area contributed by atoms with E-state index < -0.39 is 5.97 Å². The standard InChI is InChI=1S/C14H16O4S/c1-19-12-7-5-10(6-8-12)13(16)9-11(15)3-2-4-14(17)18/h5-9,16H,2-4H2,1H3,(H,17,18)/b13-9-. The lowest BCUT2D eigenvalue weighted by Crippen LogP contribution is -1.99. The van der Waals surface area contributed by atoms with Gasteiger partial charge in [0.1, 0.15) is 5.76 Å². The fourth-order valence-electron chi connectivity index (χ4n) is 1.48. The van der Waals surface area contributed by atoms with Gasteiger partial charge >= 0.3 is 5.97 Å². The highest BCUT2D eigenvalue weighted by molar-refractivity contribution is 7.98. The smallest absolute Gasteiger partial charge is 0.303 e. The van der Waals surface area contributed by atoms with E-state index in [2.05, 4.69) is 0 Å². The zero-order valence-corrected chi connectivity index (χ0v) is 11.4. The minimum atomic E-state index is -0.923. The normalized spacial score (nSPS) is 11.3. The lowest BCUT2D eigenvalue weighted by atomic mass is 10.1. The molecule has 19 heavy (non-hydrogen) atoms. The maximum Gasteiger partial charge on any atom is 0.303 e. The van der Waals surface area contributed by atoms with E-state index in [-0.39, 0.29) is 30.8 Å². The van der Waals surface area contributed by atoms with E-state index in [1.54, 1.807) is 23.9 Å². The van der Waals surface area contributed by atoms with Crippen LogP contribution in [0, 0.1) is 0 Å². The second-order valence-electron chi connectivity index (χ2n) is 3.97. The number of carbonyl (C=O) groups is 2. The van der Waals surface area contributed by atoms with Gasteiger partial charge in [0, 0.05) is 29.4 Å². The number of rotatable bonds is 7. The fourth-order valence-corrected chi connectivity index (χ4v) is 1.89. The van der Waals surface area contributed by atoms with Crippen molar-refractivity contribution >= 4 is 29.3 Å². The van der Waals surface area contributed by atoms with E-state index in [1.165, 1.54) is 0 Å². The van der Waals surface area contributed by atoms with Gasteiger partial charge < -0.3 is 10.2 Å². The molecule has 0 saturated heterocycles. The van der Waals surface area contributed by atoms with Crippen molar-refractivity contribution in [3.8, 4) is 0 Å². The Hall–Kier alpha value is -1.75. The molecule has 0 unspecified atom stereocenters. The van der Waals surface area contributed by atoms with Gasteiger partial charge in [0.05, 0.1) is 0 Å². The molecule has 1 aromatic carbocycles. The van der Waals surface area contributed by atoms with Gasteiger partial charge in [0.25, 0.3) is 0 Å². The Morgan fingerprint density at radius 1 is 1.16 bits per heavy atom. The Kier molecular flexibility index (Phi) is 6.15. The number of hydrogen-bond acceptors (Lipinski definition) is 4. The van der Waals surface area contributed by atoms with Gasteiger partial charge in [-0.15, -0.1) is 11.8 Å².